The van der Waals surface area contributed by atoms with Gasteiger partial charge in [0.05, 0.1) is 5.69 Å². The highest BCUT2D eigenvalue weighted by atomic mass is 19.2. The fraction of sp³-hybridized carbons (Fsp3) is 0. The van der Waals surface area contributed by atoms with Gasteiger partial charge < -0.3 is 11.1 Å². The fourth-order valence-electron chi connectivity index (χ4n) is 1.61. The van der Waals surface area contributed by atoms with Crippen molar-refractivity contribution in [1.29, 1.82) is 0 Å². The molecule has 0 atom stereocenters. The van der Waals surface area contributed by atoms with Gasteiger partial charge in [0.1, 0.15) is 0 Å². The second-order valence-electron chi connectivity index (χ2n) is 4.09. The molecule has 3 nitrogen and oxygen atoms in total. The number of nitrogen functional groups attached to an aromatic ring is 1. The molecule has 5 heteroatoms. The molecule has 0 heterocycles. The van der Waals surface area contributed by atoms with Gasteiger partial charge in [0.15, 0.2) is 11.6 Å². The molecule has 0 aliphatic heterocycles. The van der Waals surface area contributed by atoms with E-state index in [1.165, 1.54) is 24.3 Å². The molecular formula is C15H12F2N2O. The number of carbonyl (C=O) groups excluding carboxylic acids is 1. The molecule has 2 aromatic rings. The number of anilines is 2. The molecule has 0 fully saturated rings. The summed E-state index contributed by atoms with van der Waals surface area (Å²) in [5.74, 6) is -2.65. The Morgan fingerprint density at radius 2 is 1.90 bits per heavy atom. The average molecular weight is 274 g/mol. The number of benzene rings is 2. The lowest BCUT2D eigenvalue weighted by atomic mass is 10.2. The Morgan fingerprint density at radius 1 is 1.15 bits per heavy atom. The van der Waals surface area contributed by atoms with E-state index >= 15 is 0 Å². The van der Waals surface area contributed by atoms with Crippen molar-refractivity contribution in [3.8, 4) is 0 Å². The topological polar surface area (TPSA) is 55.1 Å². The fourth-order valence-corrected chi connectivity index (χ4v) is 1.61. The quantitative estimate of drug-likeness (QED) is 0.667. The lowest BCUT2D eigenvalue weighted by molar-refractivity contribution is -0.111. The van der Waals surface area contributed by atoms with Gasteiger partial charge in [0.2, 0.25) is 5.91 Å². The van der Waals surface area contributed by atoms with Gasteiger partial charge in [0, 0.05) is 11.8 Å². The Balaban J connectivity index is 2.08. The highest BCUT2D eigenvalue weighted by molar-refractivity contribution is 6.02. The Bertz CT molecular complexity index is 669. The van der Waals surface area contributed by atoms with Gasteiger partial charge in [-0.15, -0.1) is 0 Å². The van der Waals surface area contributed by atoms with Crippen LogP contribution in [0.1, 0.15) is 5.56 Å². The zero-order valence-corrected chi connectivity index (χ0v) is 10.4. The number of amides is 1. The molecule has 102 valence electrons. The Labute approximate surface area is 114 Å². The van der Waals surface area contributed by atoms with Crippen molar-refractivity contribution in [3.05, 3.63) is 65.7 Å². The molecule has 20 heavy (non-hydrogen) atoms. The van der Waals surface area contributed by atoms with E-state index in [9.17, 15) is 13.6 Å². The predicted molar refractivity (Wildman–Crippen MR) is 74.9 cm³/mol. The first-order valence-corrected chi connectivity index (χ1v) is 5.85. The minimum absolute atomic E-state index is 0.202. The van der Waals surface area contributed by atoms with Crippen LogP contribution in [-0.4, -0.2) is 5.91 Å². The maximum atomic E-state index is 13.3. The Kier molecular flexibility index (Phi) is 4.10. The van der Waals surface area contributed by atoms with Crippen LogP contribution >= 0.6 is 0 Å². The van der Waals surface area contributed by atoms with Crippen molar-refractivity contribution in [3.63, 3.8) is 0 Å². The van der Waals surface area contributed by atoms with Crippen LogP contribution in [0.4, 0.5) is 20.2 Å². The van der Waals surface area contributed by atoms with Gasteiger partial charge >= 0.3 is 0 Å². The summed E-state index contributed by atoms with van der Waals surface area (Å²) in [6.07, 6.45) is 2.75. The lowest BCUT2D eigenvalue weighted by Gasteiger charge is -2.04. The van der Waals surface area contributed by atoms with E-state index in [1.807, 2.05) is 0 Å². The molecule has 0 aliphatic carbocycles. The monoisotopic (exact) mass is 274 g/mol. The van der Waals surface area contributed by atoms with Crippen LogP contribution < -0.4 is 11.1 Å². The third-order valence-corrected chi connectivity index (χ3v) is 2.55. The minimum Gasteiger partial charge on any atom is -0.399 e. The summed E-state index contributed by atoms with van der Waals surface area (Å²) in [6, 6.07) is 10.5. The molecule has 0 aromatic heterocycles. The van der Waals surface area contributed by atoms with Crippen LogP contribution in [0.5, 0.6) is 0 Å². The van der Waals surface area contributed by atoms with E-state index in [0.29, 0.717) is 5.69 Å². The molecule has 0 radical (unpaired) electrons. The summed E-state index contributed by atoms with van der Waals surface area (Å²) in [5, 5.41) is 2.26. The first kappa shape index (κ1) is 13.7. The number of hydrogen-bond acceptors (Lipinski definition) is 2. The van der Waals surface area contributed by atoms with Crippen LogP contribution in [0.3, 0.4) is 0 Å². The zero-order chi connectivity index (χ0) is 14.5. The molecule has 3 N–H and O–H groups in total. The smallest absolute Gasteiger partial charge is 0.248 e. The van der Waals surface area contributed by atoms with Gasteiger partial charge in [-0.05, 0) is 35.9 Å². The summed E-state index contributed by atoms with van der Waals surface area (Å²) in [7, 11) is 0. The van der Waals surface area contributed by atoms with Crippen molar-refractivity contribution in [2.75, 3.05) is 11.1 Å². The summed E-state index contributed by atoms with van der Waals surface area (Å²) < 4.78 is 26.3. The van der Waals surface area contributed by atoms with Crippen LogP contribution in [0.25, 0.3) is 6.08 Å². The third kappa shape index (κ3) is 3.41. The van der Waals surface area contributed by atoms with Crippen LogP contribution in [0.2, 0.25) is 0 Å². The van der Waals surface area contributed by atoms with Crippen molar-refractivity contribution in [1.82, 2.24) is 0 Å². The second-order valence-corrected chi connectivity index (χ2v) is 4.09. The van der Waals surface area contributed by atoms with Gasteiger partial charge in [-0.25, -0.2) is 8.78 Å². The van der Waals surface area contributed by atoms with Crippen LogP contribution in [0.15, 0.2) is 48.5 Å². The van der Waals surface area contributed by atoms with Crippen LogP contribution in [0, 0.1) is 11.6 Å². The number of hydrogen-bond donors (Lipinski definition) is 2. The van der Waals surface area contributed by atoms with Crippen molar-refractivity contribution < 1.29 is 13.6 Å². The van der Waals surface area contributed by atoms with E-state index in [-0.39, 0.29) is 5.69 Å². The predicted octanol–water partition coefficient (Wildman–Crippen LogP) is 3.20. The Morgan fingerprint density at radius 3 is 2.65 bits per heavy atom. The molecule has 0 saturated carbocycles. The summed E-state index contributed by atoms with van der Waals surface area (Å²) in [6.45, 7) is 0. The maximum absolute atomic E-state index is 13.3. The molecule has 1 amide bonds. The van der Waals surface area contributed by atoms with Crippen LogP contribution in [-0.2, 0) is 4.79 Å². The first-order chi connectivity index (χ1) is 9.56. The standard InChI is InChI=1S/C15H12F2N2O/c16-12-5-2-6-13(15(12)17)19-14(20)8-7-10-3-1-4-11(18)9-10/h1-9H,18H2,(H,19,20)/b8-7+. The van der Waals surface area contributed by atoms with Gasteiger partial charge in [-0.3, -0.25) is 4.79 Å². The molecule has 2 aromatic carbocycles. The molecule has 0 unspecified atom stereocenters. The molecule has 2 rings (SSSR count). The number of halogens is 2. The van der Waals surface area contributed by atoms with Gasteiger partial charge in [-0.2, -0.15) is 0 Å². The van der Waals surface area contributed by atoms with E-state index in [1.54, 1.807) is 24.3 Å². The Hall–Kier alpha value is -2.69. The minimum atomic E-state index is -1.08. The number of rotatable bonds is 3. The maximum Gasteiger partial charge on any atom is 0.248 e. The largest absolute Gasteiger partial charge is 0.399 e. The van der Waals surface area contributed by atoms with E-state index < -0.39 is 17.5 Å². The van der Waals surface area contributed by atoms with Crippen molar-refractivity contribution in [2.45, 2.75) is 0 Å². The molecule has 0 saturated heterocycles. The highest BCUT2D eigenvalue weighted by Gasteiger charge is 2.08. The van der Waals surface area contributed by atoms with E-state index in [0.717, 1.165) is 11.6 Å². The van der Waals surface area contributed by atoms with E-state index in [2.05, 4.69) is 5.32 Å². The average Bonchev–Trinajstić information content (AvgIpc) is 2.42. The normalized spacial score (nSPS) is 10.7. The number of nitrogens with two attached hydrogens (primary N) is 1. The second kappa shape index (κ2) is 5.97. The molecule has 0 spiro atoms. The van der Waals surface area contributed by atoms with Crippen molar-refractivity contribution >= 4 is 23.4 Å². The SMILES string of the molecule is Nc1cccc(/C=C/C(=O)Nc2cccc(F)c2F)c1. The summed E-state index contributed by atoms with van der Waals surface area (Å²) in [5.41, 5.74) is 6.71. The summed E-state index contributed by atoms with van der Waals surface area (Å²) in [4.78, 5) is 11.6. The molecule has 0 aliphatic rings. The van der Waals surface area contributed by atoms with Crippen molar-refractivity contribution in [2.24, 2.45) is 0 Å². The first-order valence-electron chi connectivity index (χ1n) is 5.85. The van der Waals surface area contributed by atoms with Gasteiger partial charge in [0.25, 0.3) is 0 Å². The zero-order valence-electron chi connectivity index (χ0n) is 10.4. The van der Waals surface area contributed by atoms with E-state index in [4.69, 9.17) is 5.73 Å². The number of nitrogens with one attached hydrogen (secondary N) is 1. The third-order valence-electron chi connectivity index (χ3n) is 2.55. The molecule has 0 bridgehead atoms. The molecular weight excluding hydrogens is 262 g/mol. The lowest BCUT2D eigenvalue weighted by Crippen LogP contribution is -2.09. The summed E-state index contributed by atoms with van der Waals surface area (Å²) >= 11 is 0. The highest BCUT2D eigenvalue weighted by Crippen LogP contribution is 2.16. The number of carbonyl (C=O) groups is 1. The van der Waals surface area contributed by atoms with Gasteiger partial charge in [-0.1, -0.05) is 18.2 Å².